The third-order valence-corrected chi connectivity index (χ3v) is 3.66. The van der Waals surface area contributed by atoms with E-state index < -0.39 is 5.82 Å². The van der Waals surface area contributed by atoms with Crippen molar-refractivity contribution < 1.29 is 14.3 Å². The number of benzene rings is 1. The first-order valence-corrected chi connectivity index (χ1v) is 6.84. The molecule has 0 spiro atoms. The van der Waals surface area contributed by atoms with Crippen molar-refractivity contribution in [2.24, 2.45) is 5.92 Å². The molecule has 0 aliphatic carbocycles. The van der Waals surface area contributed by atoms with Crippen LogP contribution in [0, 0.1) is 23.6 Å². The summed E-state index contributed by atoms with van der Waals surface area (Å²) in [5.74, 6) is 5.12. The summed E-state index contributed by atoms with van der Waals surface area (Å²) in [7, 11) is 0. The molecular weight excluding hydrogens is 257 g/mol. The number of amides is 1. The molecule has 1 unspecified atom stereocenters. The number of hydrogen-bond donors (Lipinski definition) is 1. The highest BCUT2D eigenvalue weighted by Crippen LogP contribution is 2.22. The zero-order chi connectivity index (χ0) is 14.5. The average molecular weight is 275 g/mol. The SMILES string of the molecule is CCC1CCN(C(=O)c2ccc(F)cc2C#CCO)C1. The number of aliphatic hydroxyl groups is 1. The number of carbonyl (C=O) groups is 1. The molecule has 3 nitrogen and oxygen atoms in total. The van der Waals surface area contributed by atoms with Crippen molar-refractivity contribution in [3.63, 3.8) is 0 Å². The standard InChI is InChI=1S/C16H18FNO2/c1-2-12-7-8-18(11-12)16(20)15-6-5-14(17)10-13(15)4-3-9-19/h5-6,10,12,19H,2,7-9,11H2,1H3. The smallest absolute Gasteiger partial charge is 0.255 e. The van der Waals surface area contributed by atoms with E-state index >= 15 is 0 Å². The number of carbonyl (C=O) groups excluding carboxylic acids is 1. The van der Waals surface area contributed by atoms with Crippen LogP contribution in [0.3, 0.4) is 0 Å². The maximum absolute atomic E-state index is 13.3. The summed E-state index contributed by atoms with van der Waals surface area (Å²) in [6.45, 7) is 3.29. The first-order valence-electron chi connectivity index (χ1n) is 6.84. The average Bonchev–Trinajstić information content (AvgIpc) is 2.93. The number of rotatable bonds is 2. The Kier molecular flexibility index (Phi) is 4.75. The lowest BCUT2D eigenvalue weighted by Crippen LogP contribution is -2.29. The molecule has 1 aliphatic heterocycles. The third kappa shape index (κ3) is 3.17. The van der Waals surface area contributed by atoms with Gasteiger partial charge in [0.15, 0.2) is 0 Å². The second-order valence-corrected chi connectivity index (χ2v) is 4.96. The Bertz CT molecular complexity index is 559. The fraction of sp³-hybridized carbons (Fsp3) is 0.438. The largest absolute Gasteiger partial charge is 0.384 e. The van der Waals surface area contributed by atoms with Crippen LogP contribution in [-0.2, 0) is 0 Å². The predicted molar refractivity (Wildman–Crippen MR) is 74.7 cm³/mol. The minimum Gasteiger partial charge on any atom is -0.384 e. The highest BCUT2D eigenvalue weighted by Gasteiger charge is 2.26. The number of aliphatic hydroxyl groups excluding tert-OH is 1. The summed E-state index contributed by atoms with van der Waals surface area (Å²) in [5.41, 5.74) is 0.744. The molecule has 20 heavy (non-hydrogen) atoms. The van der Waals surface area contributed by atoms with E-state index in [2.05, 4.69) is 18.8 Å². The molecule has 1 amide bonds. The molecule has 0 radical (unpaired) electrons. The monoisotopic (exact) mass is 275 g/mol. The maximum Gasteiger partial charge on any atom is 0.255 e. The first kappa shape index (κ1) is 14.5. The zero-order valence-electron chi connectivity index (χ0n) is 11.5. The minimum atomic E-state index is -0.434. The molecule has 1 aromatic rings. The molecule has 0 aromatic heterocycles. The number of likely N-dealkylation sites (tertiary alicyclic amines) is 1. The van der Waals surface area contributed by atoms with Crippen LogP contribution < -0.4 is 0 Å². The summed E-state index contributed by atoms with van der Waals surface area (Å²) in [4.78, 5) is 14.3. The van der Waals surface area contributed by atoms with E-state index in [1.54, 1.807) is 4.90 Å². The van der Waals surface area contributed by atoms with E-state index in [0.29, 0.717) is 17.0 Å². The Morgan fingerprint density at radius 3 is 3.00 bits per heavy atom. The van der Waals surface area contributed by atoms with Crippen LogP contribution in [0.4, 0.5) is 4.39 Å². The van der Waals surface area contributed by atoms with Gasteiger partial charge in [-0.25, -0.2) is 4.39 Å². The molecule has 1 heterocycles. The van der Waals surface area contributed by atoms with Crippen LogP contribution in [0.15, 0.2) is 18.2 Å². The fourth-order valence-electron chi connectivity index (χ4n) is 2.46. The number of halogens is 1. The summed E-state index contributed by atoms with van der Waals surface area (Å²) in [6.07, 6.45) is 2.07. The van der Waals surface area contributed by atoms with Gasteiger partial charge in [0.25, 0.3) is 5.91 Å². The van der Waals surface area contributed by atoms with E-state index in [1.165, 1.54) is 18.2 Å². The molecular formula is C16H18FNO2. The van der Waals surface area contributed by atoms with Gasteiger partial charge >= 0.3 is 0 Å². The van der Waals surface area contributed by atoms with Gasteiger partial charge < -0.3 is 10.0 Å². The molecule has 1 atom stereocenters. The van der Waals surface area contributed by atoms with Gasteiger partial charge in [-0.05, 0) is 30.5 Å². The summed E-state index contributed by atoms with van der Waals surface area (Å²) < 4.78 is 13.3. The molecule has 2 rings (SSSR count). The Morgan fingerprint density at radius 2 is 2.35 bits per heavy atom. The maximum atomic E-state index is 13.3. The van der Waals surface area contributed by atoms with Crippen molar-refractivity contribution in [3.05, 3.63) is 35.1 Å². The lowest BCUT2D eigenvalue weighted by molar-refractivity contribution is 0.0786. The number of nitrogens with zero attached hydrogens (tertiary/aromatic N) is 1. The van der Waals surface area contributed by atoms with E-state index in [9.17, 15) is 9.18 Å². The Balaban J connectivity index is 2.25. The lowest BCUT2D eigenvalue weighted by Gasteiger charge is -2.17. The number of hydrogen-bond acceptors (Lipinski definition) is 2. The summed E-state index contributed by atoms with van der Waals surface area (Å²) in [5, 5.41) is 8.74. The van der Waals surface area contributed by atoms with Gasteiger partial charge in [-0.2, -0.15) is 0 Å². The van der Waals surface area contributed by atoms with Crippen LogP contribution in [0.25, 0.3) is 0 Å². The van der Waals surface area contributed by atoms with Crippen molar-refractivity contribution >= 4 is 5.91 Å². The van der Waals surface area contributed by atoms with Crippen LogP contribution in [0.2, 0.25) is 0 Å². The third-order valence-electron chi connectivity index (χ3n) is 3.66. The van der Waals surface area contributed by atoms with Crippen molar-refractivity contribution in [1.29, 1.82) is 0 Å². The molecule has 0 saturated carbocycles. The zero-order valence-corrected chi connectivity index (χ0v) is 11.5. The van der Waals surface area contributed by atoms with Crippen molar-refractivity contribution in [2.75, 3.05) is 19.7 Å². The van der Waals surface area contributed by atoms with E-state index in [0.717, 1.165) is 25.9 Å². The van der Waals surface area contributed by atoms with Crippen LogP contribution in [0.5, 0.6) is 0 Å². The van der Waals surface area contributed by atoms with E-state index in [-0.39, 0.29) is 12.5 Å². The molecule has 1 saturated heterocycles. The molecule has 1 fully saturated rings. The highest BCUT2D eigenvalue weighted by atomic mass is 19.1. The van der Waals surface area contributed by atoms with Crippen molar-refractivity contribution in [3.8, 4) is 11.8 Å². The second kappa shape index (κ2) is 6.53. The van der Waals surface area contributed by atoms with Gasteiger partial charge in [-0.1, -0.05) is 25.2 Å². The molecule has 1 aromatic carbocycles. The molecule has 106 valence electrons. The predicted octanol–water partition coefficient (Wildman–Crippen LogP) is 2.04. The fourth-order valence-corrected chi connectivity index (χ4v) is 2.46. The van der Waals surface area contributed by atoms with Gasteiger partial charge in [0, 0.05) is 18.7 Å². The molecule has 1 N–H and O–H groups in total. The van der Waals surface area contributed by atoms with Crippen LogP contribution >= 0.6 is 0 Å². The van der Waals surface area contributed by atoms with Gasteiger partial charge in [0.1, 0.15) is 12.4 Å². The Labute approximate surface area is 118 Å². The van der Waals surface area contributed by atoms with Gasteiger partial charge in [0.05, 0.1) is 5.56 Å². The lowest BCUT2D eigenvalue weighted by atomic mass is 10.1. The Morgan fingerprint density at radius 1 is 1.55 bits per heavy atom. The minimum absolute atomic E-state index is 0.108. The molecule has 0 bridgehead atoms. The quantitative estimate of drug-likeness (QED) is 0.839. The molecule has 1 aliphatic rings. The van der Waals surface area contributed by atoms with Crippen molar-refractivity contribution in [1.82, 2.24) is 4.90 Å². The van der Waals surface area contributed by atoms with Crippen LogP contribution in [0.1, 0.15) is 35.7 Å². The second-order valence-electron chi connectivity index (χ2n) is 4.96. The van der Waals surface area contributed by atoms with Gasteiger partial charge in [-0.3, -0.25) is 4.79 Å². The van der Waals surface area contributed by atoms with Crippen molar-refractivity contribution in [2.45, 2.75) is 19.8 Å². The summed E-state index contributed by atoms with van der Waals surface area (Å²) in [6, 6.07) is 3.98. The highest BCUT2D eigenvalue weighted by molar-refractivity contribution is 5.97. The van der Waals surface area contributed by atoms with E-state index in [4.69, 9.17) is 5.11 Å². The van der Waals surface area contributed by atoms with Gasteiger partial charge in [-0.15, -0.1) is 0 Å². The topological polar surface area (TPSA) is 40.5 Å². The normalized spacial score (nSPS) is 17.8. The van der Waals surface area contributed by atoms with Crippen LogP contribution in [-0.4, -0.2) is 35.6 Å². The van der Waals surface area contributed by atoms with E-state index in [1.807, 2.05) is 0 Å². The van der Waals surface area contributed by atoms with Gasteiger partial charge in [0.2, 0.25) is 0 Å². The first-order chi connectivity index (χ1) is 9.65. The molecule has 4 heteroatoms. The summed E-state index contributed by atoms with van der Waals surface area (Å²) >= 11 is 0. The Hall–Kier alpha value is -1.86.